The van der Waals surface area contributed by atoms with Crippen molar-refractivity contribution < 1.29 is 13.9 Å². The lowest BCUT2D eigenvalue weighted by molar-refractivity contribution is -0.115. The van der Waals surface area contributed by atoms with Gasteiger partial charge in [0.25, 0.3) is 0 Å². The van der Waals surface area contributed by atoms with E-state index in [1.54, 1.807) is 66.4 Å². The summed E-state index contributed by atoms with van der Waals surface area (Å²) in [5, 5.41) is 3.41. The summed E-state index contributed by atoms with van der Waals surface area (Å²) in [6, 6.07) is 23.2. The largest absolute Gasteiger partial charge is 0.457 e. The molecular weight excluding hydrogens is 471 g/mol. The number of anilines is 1. The van der Waals surface area contributed by atoms with E-state index in [1.165, 1.54) is 11.1 Å². The van der Waals surface area contributed by atoms with Gasteiger partial charge < -0.3 is 10.1 Å². The number of aromatic nitrogens is 1. The standard InChI is InChI=1S/C27H22ClFN2O2S/c1-2-34-22-11-8-18(9-12-22)15-26(32)31-20-10-13-23(24-7-4-14-30-27(24)29)25(17-20)33-21-6-3-5-19(28)16-21/h3-14,16-17H,2,15H2,1H3,(H,31,32). The fraction of sp³-hybridized carbons (Fsp3) is 0.111. The van der Waals surface area contributed by atoms with Crippen LogP contribution in [0.25, 0.3) is 11.1 Å². The van der Waals surface area contributed by atoms with Gasteiger partial charge in [-0.15, -0.1) is 11.8 Å². The number of rotatable bonds is 8. The Hall–Kier alpha value is -3.35. The zero-order chi connectivity index (χ0) is 23.9. The Kier molecular flexibility index (Phi) is 7.83. The van der Waals surface area contributed by atoms with Gasteiger partial charge >= 0.3 is 0 Å². The average molecular weight is 493 g/mol. The van der Waals surface area contributed by atoms with Crippen LogP contribution in [0, 0.1) is 5.95 Å². The number of hydrogen-bond donors (Lipinski definition) is 1. The number of carbonyl (C=O) groups excluding carboxylic acids is 1. The lowest BCUT2D eigenvalue weighted by atomic mass is 10.1. The van der Waals surface area contributed by atoms with Crippen molar-refractivity contribution in [2.75, 3.05) is 11.1 Å². The number of benzene rings is 3. The van der Waals surface area contributed by atoms with Crippen LogP contribution in [0.3, 0.4) is 0 Å². The number of nitrogens with zero attached hydrogens (tertiary/aromatic N) is 1. The van der Waals surface area contributed by atoms with E-state index in [0.717, 1.165) is 11.3 Å². The number of hydrogen-bond acceptors (Lipinski definition) is 4. The summed E-state index contributed by atoms with van der Waals surface area (Å²) in [6.45, 7) is 2.10. The van der Waals surface area contributed by atoms with E-state index < -0.39 is 5.95 Å². The molecule has 0 aliphatic rings. The van der Waals surface area contributed by atoms with Crippen molar-refractivity contribution in [3.05, 3.63) is 102 Å². The van der Waals surface area contributed by atoms with E-state index in [2.05, 4.69) is 17.2 Å². The summed E-state index contributed by atoms with van der Waals surface area (Å²) in [7, 11) is 0. The molecule has 0 aliphatic carbocycles. The summed E-state index contributed by atoms with van der Waals surface area (Å²) < 4.78 is 20.5. The Balaban J connectivity index is 1.58. The number of ether oxygens (including phenoxy) is 1. The minimum Gasteiger partial charge on any atom is -0.457 e. The maximum Gasteiger partial charge on any atom is 0.228 e. The molecule has 0 fully saturated rings. The fourth-order valence-electron chi connectivity index (χ4n) is 3.41. The van der Waals surface area contributed by atoms with Gasteiger partial charge in [-0.25, -0.2) is 4.98 Å². The Bertz CT molecular complexity index is 1300. The van der Waals surface area contributed by atoms with Gasteiger partial charge in [0, 0.05) is 39.0 Å². The lowest BCUT2D eigenvalue weighted by Crippen LogP contribution is -2.14. The Morgan fingerprint density at radius 3 is 2.59 bits per heavy atom. The highest BCUT2D eigenvalue weighted by atomic mass is 35.5. The van der Waals surface area contributed by atoms with Gasteiger partial charge in [0.15, 0.2) is 0 Å². The van der Waals surface area contributed by atoms with Crippen molar-refractivity contribution in [1.82, 2.24) is 4.98 Å². The van der Waals surface area contributed by atoms with Crippen LogP contribution >= 0.6 is 23.4 Å². The van der Waals surface area contributed by atoms with Crippen LogP contribution in [0.2, 0.25) is 5.02 Å². The van der Waals surface area contributed by atoms with Crippen molar-refractivity contribution in [3.63, 3.8) is 0 Å². The molecule has 1 N–H and O–H groups in total. The number of pyridine rings is 1. The normalized spacial score (nSPS) is 10.7. The van der Waals surface area contributed by atoms with E-state index in [-0.39, 0.29) is 12.3 Å². The third-order valence-electron chi connectivity index (χ3n) is 4.94. The molecule has 0 saturated heterocycles. The third-order valence-corrected chi connectivity index (χ3v) is 6.07. The summed E-state index contributed by atoms with van der Waals surface area (Å²) in [4.78, 5) is 17.6. The van der Waals surface area contributed by atoms with Gasteiger partial charge in [0.05, 0.1) is 6.42 Å². The second kappa shape index (κ2) is 11.2. The molecule has 0 radical (unpaired) electrons. The molecule has 1 amide bonds. The van der Waals surface area contributed by atoms with Gasteiger partial charge in [-0.1, -0.05) is 36.7 Å². The Morgan fingerprint density at radius 1 is 1.03 bits per heavy atom. The van der Waals surface area contributed by atoms with Gasteiger partial charge in [-0.3, -0.25) is 4.79 Å². The van der Waals surface area contributed by atoms with E-state index in [9.17, 15) is 9.18 Å². The molecule has 0 unspecified atom stereocenters. The molecule has 1 aromatic heterocycles. The molecule has 4 rings (SSSR count). The zero-order valence-corrected chi connectivity index (χ0v) is 20.0. The van der Waals surface area contributed by atoms with Crippen LogP contribution in [0.5, 0.6) is 11.5 Å². The predicted molar refractivity (Wildman–Crippen MR) is 136 cm³/mol. The molecule has 172 valence electrons. The highest BCUT2D eigenvalue weighted by Crippen LogP contribution is 2.37. The van der Waals surface area contributed by atoms with Crippen molar-refractivity contribution in [3.8, 4) is 22.6 Å². The Labute approximate surface area is 207 Å². The molecular formula is C27H22ClFN2O2S. The molecule has 0 atom stereocenters. The first kappa shape index (κ1) is 23.8. The molecule has 4 nitrogen and oxygen atoms in total. The molecule has 3 aromatic carbocycles. The zero-order valence-electron chi connectivity index (χ0n) is 18.4. The molecule has 0 bridgehead atoms. The lowest BCUT2D eigenvalue weighted by Gasteiger charge is -2.14. The van der Waals surface area contributed by atoms with Gasteiger partial charge in [0.1, 0.15) is 11.5 Å². The van der Waals surface area contributed by atoms with Crippen LogP contribution in [0.15, 0.2) is 90.0 Å². The Morgan fingerprint density at radius 2 is 1.85 bits per heavy atom. The predicted octanol–water partition coefficient (Wildman–Crippen LogP) is 7.63. The van der Waals surface area contributed by atoms with E-state index in [0.29, 0.717) is 33.3 Å². The monoisotopic (exact) mass is 492 g/mol. The van der Waals surface area contributed by atoms with Crippen LogP contribution in [-0.2, 0) is 11.2 Å². The average Bonchev–Trinajstić information content (AvgIpc) is 2.81. The number of carbonyl (C=O) groups is 1. The topological polar surface area (TPSA) is 51.2 Å². The number of halogens is 2. The van der Waals surface area contributed by atoms with E-state index >= 15 is 0 Å². The minimum absolute atomic E-state index is 0.162. The third kappa shape index (κ3) is 6.16. The summed E-state index contributed by atoms with van der Waals surface area (Å²) >= 11 is 7.84. The maximum absolute atomic E-state index is 14.4. The second-order valence-electron chi connectivity index (χ2n) is 7.41. The first-order valence-corrected chi connectivity index (χ1v) is 12.1. The van der Waals surface area contributed by atoms with Gasteiger partial charge in [0.2, 0.25) is 11.9 Å². The van der Waals surface area contributed by atoms with Gasteiger partial charge in [-0.05, 0) is 65.9 Å². The summed E-state index contributed by atoms with van der Waals surface area (Å²) in [6.07, 6.45) is 1.62. The number of nitrogens with one attached hydrogen (secondary N) is 1. The number of thioether (sulfide) groups is 1. The van der Waals surface area contributed by atoms with Crippen molar-refractivity contribution in [2.24, 2.45) is 0 Å². The highest BCUT2D eigenvalue weighted by molar-refractivity contribution is 7.99. The quantitative estimate of drug-likeness (QED) is 0.203. The van der Waals surface area contributed by atoms with Crippen molar-refractivity contribution in [1.29, 1.82) is 0 Å². The number of amides is 1. The van der Waals surface area contributed by atoms with E-state index in [1.807, 2.05) is 24.3 Å². The van der Waals surface area contributed by atoms with Crippen LogP contribution < -0.4 is 10.1 Å². The fourth-order valence-corrected chi connectivity index (χ4v) is 4.25. The second-order valence-corrected chi connectivity index (χ2v) is 9.19. The molecule has 7 heteroatoms. The van der Waals surface area contributed by atoms with Crippen LogP contribution in [0.1, 0.15) is 12.5 Å². The van der Waals surface area contributed by atoms with Crippen LogP contribution in [0.4, 0.5) is 10.1 Å². The molecule has 4 aromatic rings. The highest BCUT2D eigenvalue weighted by Gasteiger charge is 2.15. The van der Waals surface area contributed by atoms with Crippen molar-refractivity contribution >= 4 is 35.0 Å². The molecule has 0 saturated carbocycles. The molecule has 34 heavy (non-hydrogen) atoms. The van der Waals surface area contributed by atoms with E-state index in [4.69, 9.17) is 16.3 Å². The van der Waals surface area contributed by atoms with Crippen LogP contribution in [-0.4, -0.2) is 16.6 Å². The smallest absolute Gasteiger partial charge is 0.228 e. The SMILES string of the molecule is CCSc1ccc(CC(=O)Nc2ccc(-c3cccnc3F)c(Oc3cccc(Cl)c3)c2)cc1. The molecule has 0 aliphatic heterocycles. The molecule has 0 spiro atoms. The summed E-state index contributed by atoms with van der Waals surface area (Å²) in [5.74, 6) is 1.09. The van der Waals surface area contributed by atoms with Crippen molar-refractivity contribution in [2.45, 2.75) is 18.2 Å². The first-order valence-electron chi connectivity index (χ1n) is 10.7. The van der Waals surface area contributed by atoms with Gasteiger partial charge in [-0.2, -0.15) is 4.39 Å². The minimum atomic E-state index is -0.611. The summed E-state index contributed by atoms with van der Waals surface area (Å²) in [5.41, 5.74) is 2.26. The maximum atomic E-state index is 14.4. The first-order chi connectivity index (χ1) is 16.5. The molecule has 1 heterocycles.